The Labute approximate surface area is 157 Å². The third kappa shape index (κ3) is 3.45. The van der Waals surface area contributed by atoms with Crippen molar-refractivity contribution < 1.29 is 17.6 Å². The van der Waals surface area contributed by atoms with Crippen molar-refractivity contribution in [3.05, 3.63) is 46.0 Å². The molecule has 2 aromatic heterocycles. The van der Waals surface area contributed by atoms with Gasteiger partial charge in [-0.15, -0.1) is 11.3 Å². The predicted octanol–water partition coefficient (Wildman–Crippen LogP) is 2.07. The van der Waals surface area contributed by atoms with E-state index in [2.05, 4.69) is 29.3 Å². The molecule has 1 amide bonds. The number of carbonyl (C=O) groups excluding carboxylic acids is 1. The second kappa shape index (κ2) is 6.83. The molecule has 3 atom stereocenters. The first-order valence-corrected chi connectivity index (χ1v) is 11.3. The summed E-state index contributed by atoms with van der Waals surface area (Å²) in [5.74, 6) is 0.0430. The number of hydrogen-bond acceptors (Lipinski definition) is 6. The number of hydrogen-bond donors (Lipinski definition) is 1. The molecule has 0 spiro atoms. The van der Waals surface area contributed by atoms with Crippen LogP contribution in [0.4, 0.5) is 0 Å². The van der Waals surface area contributed by atoms with Crippen molar-refractivity contribution in [3.8, 4) is 0 Å². The van der Waals surface area contributed by atoms with Gasteiger partial charge in [0.15, 0.2) is 15.6 Å². The topological polar surface area (TPSA) is 79.6 Å². The summed E-state index contributed by atoms with van der Waals surface area (Å²) in [6, 6.07) is 7.34. The van der Waals surface area contributed by atoms with Crippen molar-refractivity contribution in [2.24, 2.45) is 5.92 Å². The lowest BCUT2D eigenvalue weighted by molar-refractivity contribution is 0.0891. The Bertz CT molecular complexity index is 888. The standard InChI is InChI=1S/C18H22N2O4S2/c1-12-4-5-13(25-12)9-20-10-14-15(6-8-26(22,23)17(14)11-20)19-18(21)16-3-2-7-24-16/h2-5,7,14-15,17H,6,8-11H2,1H3,(H,19,21)/t14-,15+,17-/m1/s1. The maximum Gasteiger partial charge on any atom is 0.287 e. The Kier molecular flexibility index (Phi) is 4.66. The Balaban J connectivity index is 1.49. The van der Waals surface area contributed by atoms with E-state index in [1.807, 2.05) is 0 Å². The number of fused-ring (bicyclic) bond motifs is 1. The van der Waals surface area contributed by atoms with Gasteiger partial charge in [-0.05, 0) is 37.6 Å². The van der Waals surface area contributed by atoms with Gasteiger partial charge in [0.05, 0.1) is 17.3 Å². The second-order valence-electron chi connectivity index (χ2n) is 7.12. The molecule has 4 heterocycles. The highest BCUT2D eigenvalue weighted by Crippen LogP contribution is 2.34. The molecule has 0 bridgehead atoms. The molecule has 140 valence electrons. The molecule has 6 nitrogen and oxygen atoms in total. The zero-order valence-electron chi connectivity index (χ0n) is 14.6. The summed E-state index contributed by atoms with van der Waals surface area (Å²) in [5, 5.41) is 2.59. The zero-order valence-corrected chi connectivity index (χ0v) is 16.2. The lowest BCUT2D eigenvalue weighted by Gasteiger charge is -2.33. The molecule has 0 radical (unpaired) electrons. The van der Waals surface area contributed by atoms with Gasteiger partial charge in [-0.2, -0.15) is 0 Å². The van der Waals surface area contributed by atoms with E-state index in [1.165, 1.54) is 16.0 Å². The summed E-state index contributed by atoms with van der Waals surface area (Å²) >= 11 is 1.74. The predicted molar refractivity (Wildman–Crippen MR) is 100.0 cm³/mol. The van der Waals surface area contributed by atoms with Crippen LogP contribution in [0.1, 0.15) is 26.7 Å². The maximum atomic E-state index is 12.6. The molecule has 0 unspecified atom stereocenters. The Morgan fingerprint density at radius 3 is 2.88 bits per heavy atom. The molecule has 2 aliphatic heterocycles. The molecule has 26 heavy (non-hydrogen) atoms. The van der Waals surface area contributed by atoms with Crippen molar-refractivity contribution in [2.45, 2.75) is 31.2 Å². The molecular weight excluding hydrogens is 372 g/mol. The van der Waals surface area contributed by atoms with Crippen molar-refractivity contribution in [2.75, 3.05) is 18.8 Å². The fourth-order valence-corrected chi connectivity index (χ4v) is 7.11. The number of thiophene rings is 1. The first kappa shape index (κ1) is 17.8. The van der Waals surface area contributed by atoms with E-state index in [4.69, 9.17) is 4.42 Å². The fraction of sp³-hybridized carbons (Fsp3) is 0.500. The van der Waals surface area contributed by atoms with Crippen LogP contribution in [0, 0.1) is 12.8 Å². The van der Waals surface area contributed by atoms with E-state index in [1.54, 1.807) is 23.5 Å². The minimum atomic E-state index is -3.12. The molecule has 0 aliphatic carbocycles. The third-order valence-electron chi connectivity index (χ3n) is 5.31. The largest absolute Gasteiger partial charge is 0.459 e. The fourth-order valence-electron chi connectivity index (χ4n) is 4.05. The van der Waals surface area contributed by atoms with Gasteiger partial charge in [-0.25, -0.2) is 8.42 Å². The highest BCUT2D eigenvalue weighted by Gasteiger charge is 2.48. The van der Waals surface area contributed by atoms with E-state index >= 15 is 0 Å². The minimum Gasteiger partial charge on any atom is -0.459 e. The maximum absolute atomic E-state index is 12.6. The number of nitrogens with zero attached hydrogens (tertiary/aromatic N) is 1. The molecule has 4 rings (SSSR count). The third-order valence-corrected chi connectivity index (χ3v) is 8.52. The van der Waals surface area contributed by atoms with Crippen LogP contribution in [-0.2, 0) is 16.4 Å². The highest BCUT2D eigenvalue weighted by molar-refractivity contribution is 7.92. The van der Waals surface area contributed by atoms with Crippen LogP contribution >= 0.6 is 11.3 Å². The van der Waals surface area contributed by atoms with Gasteiger partial charge >= 0.3 is 0 Å². The summed E-state index contributed by atoms with van der Waals surface area (Å²) in [4.78, 5) is 17.0. The van der Waals surface area contributed by atoms with E-state index in [-0.39, 0.29) is 29.4 Å². The zero-order chi connectivity index (χ0) is 18.3. The summed E-state index contributed by atoms with van der Waals surface area (Å²) in [7, 11) is -3.12. The molecule has 0 aromatic carbocycles. The van der Waals surface area contributed by atoms with Crippen LogP contribution in [0.3, 0.4) is 0 Å². The average Bonchev–Trinajstić information content (AvgIpc) is 3.31. The molecule has 2 saturated heterocycles. The van der Waals surface area contributed by atoms with Gasteiger partial charge < -0.3 is 9.73 Å². The van der Waals surface area contributed by atoms with Crippen molar-refractivity contribution in [1.29, 1.82) is 0 Å². The van der Waals surface area contributed by atoms with E-state index < -0.39 is 15.1 Å². The Morgan fingerprint density at radius 1 is 1.35 bits per heavy atom. The van der Waals surface area contributed by atoms with E-state index in [9.17, 15) is 13.2 Å². The lowest BCUT2D eigenvalue weighted by Crippen LogP contribution is -2.51. The summed E-state index contributed by atoms with van der Waals surface area (Å²) in [6.07, 6.45) is 1.92. The van der Waals surface area contributed by atoms with Crippen LogP contribution in [0.2, 0.25) is 0 Å². The number of amides is 1. The second-order valence-corrected chi connectivity index (χ2v) is 10.8. The van der Waals surface area contributed by atoms with Crippen molar-refractivity contribution in [3.63, 3.8) is 0 Å². The molecule has 2 aromatic rings. The lowest BCUT2D eigenvalue weighted by atomic mass is 9.95. The quantitative estimate of drug-likeness (QED) is 0.859. The molecular formula is C18H22N2O4S2. The van der Waals surface area contributed by atoms with Crippen LogP contribution in [-0.4, -0.2) is 49.4 Å². The molecule has 8 heteroatoms. The minimum absolute atomic E-state index is 0.0753. The van der Waals surface area contributed by atoms with Gasteiger partial charge in [-0.1, -0.05) is 0 Å². The summed E-state index contributed by atoms with van der Waals surface area (Å²) < 4.78 is 30.3. The van der Waals surface area contributed by atoms with E-state index in [0.717, 1.165) is 6.54 Å². The summed E-state index contributed by atoms with van der Waals surface area (Å²) in [6.45, 7) is 4.06. The van der Waals surface area contributed by atoms with Crippen LogP contribution in [0.25, 0.3) is 0 Å². The normalized spacial score (nSPS) is 28.0. The Hall–Kier alpha value is -1.64. The molecule has 0 saturated carbocycles. The van der Waals surface area contributed by atoms with E-state index in [0.29, 0.717) is 19.5 Å². The number of furan rings is 1. The first-order valence-electron chi connectivity index (χ1n) is 8.76. The summed E-state index contributed by atoms with van der Waals surface area (Å²) in [5.41, 5.74) is 0. The SMILES string of the molecule is Cc1ccc(CN2C[C@@H]3[C@@H](NC(=O)c4ccco4)CCS(=O)(=O)[C@@H]3C2)s1. The van der Waals surface area contributed by atoms with Crippen LogP contribution in [0.5, 0.6) is 0 Å². The van der Waals surface area contributed by atoms with Gasteiger partial charge in [0.1, 0.15) is 0 Å². The Morgan fingerprint density at radius 2 is 2.19 bits per heavy atom. The number of rotatable bonds is 4. The number of nitrogens with one attached hydrogen (secondary N) is 1. The van der Waals surface area contributed by atoms with Crippen LogP contribution in [0.15, 0.2) is 34.9 Å². The van der Waals surface area contributed by atoms with Gasteiger partial charge in [0.25, 0.3) is 5.91 Å². The van der Waals surface area contributed by atoms with Gasteiger partial charge in [0, 0.05) is 41.3 Å². The smallest absolute Gasteiger partial charge is 0.287 e. The number of aryl methyl sites for hydroxylation is 1. The highest BCUT2D eigenvalue weighted by atomic mass is 32.2. The molecule has 2 aliphatic rings. The van der Waals surface area contributed by atoms with Gasteiger partial charge in [-0.3, -0.25) is 9.69 Å². The van der Waals surface area contributed by atoms with Crippen LogP contribution < -0.4 is 5.32 Å². The number of sulfone groups is 1. The van der Waals surface area contributed by atoms with Gasteiger partial charge in [0.2, 0.25) is 0 Å². The monoisotopic (exact) mass is 394 g/mol. The average molecular weight is 395 g/mol. The van der Waals surface area contributed by atoms with Crippen molar-refractivity contribution >= 4 is 27.1 Å². The number of likely N-dealkylation sites (tertiary alicyclic amines) is 1. The molecule has 2 fully saturated rings. The number of carbonyl (C=O) groups is 1. The molecule has 1 N–H and O–H groups in total. The van der Waals surface area contributed by atoms with Crippen molar-refractivity contribution in [1.82, 2.24) is 10.2 Å². The first-order chi connectivity index (χ1) is 12.4.